The smallest absolute Gasteiger partial charge is 0.139 e. The fraction of sp³-hybridized carbons (Fsp3) is 0.182. The van der Waals surface area contributed by atoms with E-state index < -0.39 is 17.5 Å². The molecule has 1 aromatic carbocycles. The molecule has 90 valence electrons. The Balaban J connectivity index is 2.45. The third-order valence-electron chi connectivity index (χ3n) is 2.13. The lowest BCUT2D eigenvalue weighted by molar-refractivity contribution is 0.548. The lowest BCUT2D eigenvalue weighted by atomic mass is 10.2. The van der Waals surface area contributed by atoms with Crippen LogP contribution in [-0.2, 0) is 6.54 Å². The molecular formula is C11H9F3N2S. The molecule has 0 aliphatic rings. The average Bonchev–Trinajstić information content (AvgIpc) is 2.65. The molecule has 17 heavy (non-hydrogen) atoms. The summed E-state index contributed by atoms with van der Waals surface area (Å²) in [6.07, 6.45) is 1.54. The lowest BCUT2D eigenvalue weighted by Crippen LogP contribution is -2.02. The van der Waals surface area contributed by atoms with E-state index in [0.29, 0.717) is 18.7 Å². The molecule has 0 aliphatic carbocycles. The van der Waals surface area contributed by atoms with E-state index in [-0.39, 0.29) is 10.6 Å². The number of aromatic nitrogens is 1. The number of nitrogens with one attached hydrogen (secondary N) is 1. The molecule has 0 amide bonds. The predicted molar refractivity (Wildman–Crippen MR) is 60.2 cm³/mol. The topological polar surface area (TPSA) is 24.9 Å². The lowest BCUT2D eigenvalue weighted by Gasteiger charge is -2.01. The van der Waals surface area contributed by atoms with E-state index in [4.69, 9.17) is 0 Å². The van der Waals surface area contributed by atoms with Crippen LogP contribution in [-0.4, -0.2) is 12.0 Å². The van der Waals surface area contributed by atoms with Crippen molar-refractivity contribution in [2.24, 2.45) is 0 Å². The minimum Gasteiger partial charge on any atom is -0.315 e. The van der Waals surface area contributed by atoms with E-state index in [1.165, 1.54) is 11.3 Å². The van der Waals surface area contributed by atoms with E-state index in [1.807, 2.05) is 0 Å². The summed E-state index contributed by atoms with van der Waals surface area (Å²) in [7, 11) is 1.76. The summed E-state index contributed by atoms with van der Waals surface area (Å²) in [6, 6.07) is 1.30. The Morgan fingerprint density at radius 1 is 1.24 bits per heavy atom. The first-order valence-electron chi connectivity index (χ1n) is 4.86. The quantitative estimate of drug-likeness (QED) is 0.915. The van der Waals surface area contributed by atoms with Crippen molar-refractivity contribution >= 4 is 11.3 Å². The first-order chi connectivity index (χ1) is 8.11. The van der Waals surface area contributed by atoms with Crippen LogP contribution in [0.2, 0.25) is 0 Å². The van der Waals surface area contributed by atoms with Crippen LogP contribution in [0.25, 0.3) is 10.6 Å². The van der Waals surface area contributed by atoms with Gasteiger partial charge in [-0.2, -0.15) is 0 Å². The largest absolute Gasteiger partial charge is 0.315 e. The zero-order valence-corrected chi connectivity index (χ0v) is 9.75. The van der Waals surface area contributed by atoms with Gasteiger partial charge in [0, 0.05) is 29.8 Å². The van der Waals surface area contributed by atoms with Gasteiger partial charge < -0.3 is 5.32 Å². The van der Waals surface area contributed by atoms with Gasteiger partial charge in [0.15, 0.2) is 0 Å². The summed E-state index contributed by atoms with van der Waals surface area (Å²) in [4.78, 5) is 4.78. The normalized spacial score (nSPS) is 10.8. The van der Waals surface area contributed by atoms with E-state index in [9.17, 15) is 13.2 Å². The number of rotatable bonds is 3. The summed E-state index contributed by atoms with van der Waals surface area (Å²) in [5.74, 6) is -2.81. The van der Waals surface area contributed by atoms with Crippen molar-refractivity contribution in [3.05, 3.63) is 40.7 Å². The van der Waals surface area contributed by atoms with E-state index in [2.05, 4.69) is 10.3 Å². The highest BCUT2D eigenvalue weighted by Gasteiger charge is 2.16. The van der Waals surface area contributed by atoms with Gasteiger partial charge in [0.25, 0.3) is 0 Å². The molecule has 2 nitrogen and oxygen atoms in total. The molecule has 1 N–H and O–H groups in total. The maximum Gasteiger partial charge on any atom is 0.139 e. The van der Waals surface area contributed by atoms with Gasteiger partial charge in [0.2, 0.25) is 0 Å². The van der Waals surface area contributed by atoms with Crippen LogP contribution >= 0.6 is 11.3 Å². The molecule has 2 aromatic rings. The Morgan fingerprint density at radius 2 is 1.88 bits per heavy atom. The standard InChI is InChI=1S/C11H9F3N2S/c1-15-4-7-5-16-11(17-7)10-8(13)2-6(12)3-9(10)14/h2-3,5,15H,4H2,1H3. The Labute approximate surface area is 100 Å². The molecular weight excluding hydrogens is 249 g/mol. The van der Waals surface area contributed by atoms with E-state index >= 15 is 0 Å². The van der Waals surface area contributed by atoms with Gasteiger partial charge in [-0.1, -0.05) is 0 Å². The van der Waals surface area contributed by atoms with Gasteiger partial charge in [-0.15, -0.1) is 11.3 Å². The molecule has 0 unspecified atom stereocenters. The summed E-state index contributed by atoms with van der Waals surface area (Å²) < 4.78 is 39.7. The average molecular weight is 258 g/mol. The number of thiazole rings is 1. The fourth-order valence-electron chi connectivity index (χ4n) is 1.43. The zero-order valence-electron chi connectivity index (χ0n) is 8.93. The number of hydrogen-bond donors (Lipinski definition) is 1. The van der Waals surface area contributed by atoms with Crippen molar-refractivity contribution in [3.8, 4) is 10.6 Å². The third kappa shape index (κ3) is 2.48. The SMILES string of the molecule is CNCc1cnc(-c2c(F)cc(F)cc2F)s1. The number of halogens is 3. The highest BCUT2D eigenvalue weighted by molar-refractivity contribution is 7.15. The fourth-order valence-corrected chi connectivity index (χ4v) is 2.40. The monoisotopic (exact) mass is 258 g/mol. The van der Waals surface area contributed by atoms with Crippen molar-refractivity contribution in [2.75, 3.05) is 7.05 Å². The molecule has 1 aromatic heterocycles. The summed E-state index contributed by atoms with van der Waals surface area (Å²) in [5.41, 5.74) is -0.279. The molecule has 2 rings (SSSR count). The second kappa shape index (κ2) is 4.85. The van der Waals surface area contributed by atoms with Gasteiger partial charge in [0.1, 0.15) is 22.5 Å². The first kappa shape index (κ1) is 12.1. The van der Waals surface area contributed by atoms with Crippen LogP contribution in [0.3, 0.4) is 0 Å². The van der Waals surface area contributed by atoms with Crippen LogP contribution in [0.4, 0.5) is 13.2 Å². The van der Waals surface area contributed by atoms with Crippen LogP contribution in [0, 0.1) is 17.5 Å². The van der Waals surface area contributed by atoms with Gasteiger partial charge in [-0.3, -0.25) is 0 Å². The second-order valence-electron chi connectivity index (χ2n) is 3.41. The Morgan fingerprint density at radius 3 is 2.47 bits per heavy atom. The van der Waals surface area contributed by atoms with Crippen LogP contribution in [0.1, 0.15) is 4.88 Å². The molecule has 0 spiro atoms. The van der Waals surface area contributed by atoms with Crippen molar-refractivity contribution in [1.29, 1.82) is 0 Å². The van der Waals surface area contributed by atoms with Crippen molar-refractivity contribution in [1.82, 2.24) is 10.3 Å². The van der Waals surface area contributed by atoms with Crippen molar-refractivity contribution in [2.45, 2.75) is 6.54 Å². The molecule has 0 aliphatic heterocycles. The van der Waals surface area contributed by atoms with Gasteiger partial charge in [-0.25, -0.2) is 18.2 Å². The Kier molecular flexibility index (Phi) is 3.44. The minimum absolute atomic E-state index is 0.213. The molecule has 0 atom stereocenters. The maximum atomic E-state index is 13.5. The van der Waals surface area contributed by atoms with Crippen LogP contribution < -0.4 is 5.32 Å². The number of hydrogen-bond acceptors (Lipinski definition) is 3. The first-order valence-corrected chi connectivity index (χ1v) is 5.67. The molecule has 0 fully saturated rings. The molecule has 0 radical (unpaired) electrons. The number of benzene rings is 1. The highest BCUT2D eigenvalue weighted by Crippen LogP contribution is 2.30. The molecule has 6 heteroatoms. The third-order valence-corrected chi connectivity index (χ3v) is 3.14. The second-order valence-corrected chi connectivity index (χ2v) is 4.52. The summed E-state index contributed by atoms with van der Waals surface area (Å²) >= 11 is 1.17. The van der Waals surface area contributed by atoms with Gasteiger partial charge in [0.05, 0.1) is 5.56 Å². The Bertz CT molecular complexity index is 516. The van der Waals surface area contributed by atoms with Crippen molar-refractivity contribution in [3.63, 3.8) is 0 Å². The zero-order chi connectivity index (χ0) is 12.4. The van der Waals surface area contributed by atoms with Crippen molar-refractivity contribution < 1.29 is 13.2 Å². The molecule has 0 saturated carbocycles. The predicted octanol–water partition coefficient (Wildman–Crippen LogP) is 2.95. The molecule has 1 heterocycles. The Hall–Kier alpha value is -1.40. The van der Waals surface area contributed by atoms with Gasteiger partial charge >= 0.3 is 0 Å². The van der Waals surface area contributed by atoms with Crippen LogP contribution in [0.5, 0.6) is 0 Å². The van der Waals surface area contributed by atoms with Crippen LogP contribution in [0.15, 0.2) is 18.3 Å². The minimum atomic E-state index is -0.937. The molecule has 0 saturated heterocycles. The molecule has 0 bridgehead atoms. The maximum absolute atomic E-state index is 13.5. The number of nitrogens with zero attached hydrogens (tertiary/aromatic N) is 1. The summed E-state index contributed by atoms with van der Waals surface area (Å²) in [5, 5.41) is 3.12. The summed E-state index contributed by atoms with van der Waals surface area (Å²) in [6.45, 7) is 0.572. The van der Waals surface area contributed by atoms with E-state index in [0.717, 1.165) is 4.88 Å². The highest BCUT2D eigenvalue weighted by atomic mass is 32.1. The van der Waals surface area contributed by atoms with E-state index in [1.54, 1.807) is 13.2 Å². The van der Waals surface area contributed by atoms with Gasteiger partial charge in [-0.05, 0) is 7.05 Å².